The summed E-state index contributed by atoms with van der Waals surface area (Å²) < 4.78 is 27.5. The molecular weight excluding hydrogens is 268 g/mol. The Morgan fingerprint density at radius 1 is 1.05 bits per heavy atom. The van der Waals surface area contributed by atoms with E-state index in [0.717, 1.165) is 0 Å². The Balaban J connectivity index is 2.32. The van der Waals surface area contributed by atoms with Gasteiger partial charge in [0.25, 0.3) is 0 Å². The van der Waals surface area contributed by atoms with Gasteiger partial charge in [-0.3, -0.25) is 0 Å². The Hall–Kier alpha value is -1.61. The fourth-order valence-electron chi connectivity index (χ4n) is 1.97. The molecule has 0 aliphatic heterocycles. The Morgan fingerprint density at radius 2 is 1.74 bits per heavy atom. The Bertz CT molecular complexity index is 552. The summed E-state index contributed by atoms with van der Waals surface area (Å²) in [6, 6.07) is 10.6. The second-order valence-corrected chi connectivity index (χ2v) is 4.63. The lowest BCUT2D eigenvalue weighted by Gasteiger charge is -2.20. The Kier molecular flexibility index (Phi) is 4.38. The molecule has 0 amide bonds. The second kappa shape index (κ2) is 6.02. The fourth-order valence-corrected chi connectivity index (χ4v) is 2.18. The maximum Gasteiger partial charge on any atom is 0.147 e. The molecule has 1 nitrogen and oxygen atoms in total. The van der Waals surface area contributed by atoms with E-state index in [-0.39, 0.29) is 22.6 Å². The van der Waals surface area contributed by atoms with Gasteiger partial charge in [-0.1, -0.05) is 42.8 Å². The molecule has 1 N–H and O–H groups in total. The predicted molar refractivity (Wildman–Crippen MR) is 74.5 cm³/mol. The number of hydrogen-bond donors (Lipinski definition) is 1. The van der Waals surface area contributed by atoms with E-state index in [1.54, 1.807) is 24.3 Å². The number of anilines is 1. The number of benzene rings is 2. The summed E-state index contributed by atoms with van der Waals surface area (Å²) in [5.74, 6) is -0.753. The van der Waals surface area contributed by atoms with Gasteiger partial charge in [-0.15, -0.1) is 0 Å². The molecular formula is C15H14ClF2N. The molecule has 2 rings (SSSR count). The zero-order valence-corrected chi connectivity index (χ0v) is 11.2. The van der Waals surface area contributed by atoms with Crippen molar-refractivity contribution >= 4 is 17.3 Å². The van der Waals surface area contributed by atoms with Gasteiger partial charge < -0.3 is 5.32 Å². The smallest absolute Gasteiger partial charge is 0.147 e. The molecule has 4 heteroatoms. The van der Waals surface area contributed by atoms with Gasteiger partial charge in [0, 0.05) is 5.56 Å². The van der Waals surface area contributed by atoms with Crippen molar-refractivity contribution in [2.75, 3.05) is 5.32 Å². The second-order valence-electron chi connectivity index (χ2n) is 4.22. The summed E-state index contributed by atoms with van der Waals surface area (Å²) in [5, 5.41) is 3.26. The molecule has 1 atom stereocenters. The normalized spacial score (nSPS) is 12.2. The van der Waals surface area contributed by atoms with Gasteiger partial charge in [-0.2, -0.15) is 0 Å². The van der Waals surface area contributed by atoms with Crippen molar-refractivity contribution in [1.29, 1.82) is 0 Å². The molecule has 0 aliphatic carbocycles. The molecule has 0 aromatic heterocycles. The summed E-state index contributed by atoms with van der Waals surface area (Å²) in [6.07, 6.45) is 0.617. The van der Waals surface area contributed by atoms with Crippen molar-refractivity contribution in [3.63, 3.8) is 0 Å². The number of para-hydroxylation sites is 1. The molecule has 0 spiro atoms. The summed E-state index contributed by atoms with van der Waals surface area (Å²) in [4.78, 5) is 0. The fraction of sp³-hybridized carbons (Fsp3) is 0.200. The topological polar surface area (TPSA) is 12.0 Å². The van der Waals surface area contributed by atoms with Crippen LogP contribution in [0.25, 0.3) is 0 Å². The van der Waals surface area contributed by atoms with Crippen LogP contribution in [0.5, 0.6) is 0 Å². The maximum atomic E-state index is 13.8. The minimum atomic E-state index is -0.442. The summed E-state index contributed by atoms with van der Waals surface area (Å²) in [6.45, 7) is 1.90. The average Bonchev–Trinajstić information content (AvgIpc) is 2.40. The third-order valence-corrected chi connectivity index (χ3v) is 3.29. The first-order valence-electron chi connectivity index (χ1n) is 6.08. The largest absolute Gasteiger partial charge is 0.375 e. The average molecular weight is 282 g/mol. The van der Waals surface area contributed by atoms with Crippen LogP contribution in [-0.4, -0.2) is 0 Å². The van der Waals surface area contributed by atoms with Crippen LogP contribution in [0, 0.1) is 11.6 Å². The number of nitrogens with one attached hydrogen (secondary N) is 1. The van der Waals surface area contributed by atoms with Gasteiger partial charge >= 0.3 is 0 Å². The quantitative estimate of drug-likeness (QED) is 0.814. The van der Waals surface area contributed by atoms with Gasteiger partial charge in [0.2, 0.25) is 0 Å². The highest BCUT2D eigenvalue weighted by Crippen LogP contribution is 2.30. The molecule has 0 saturated carbocycles. The first kappa shape index (κ1) is 13.8. The van der Waals surface area contributed by atoms with Crippen LogP contribution in [0.4, 0.5) is 14.5 Å². The van der Waals surface area contributed by atoms with Gasteiger partial charge in [0.05, 0.1) is 16.8 Å². The molecule has 0 radical (unpaired) electrons. The zero-order valence-electron chi connectivity index (χ0n) is 10.5. The van der Waals surface area contributed by atoms with Crippen LogP contribution >= 0.6 is 11.6 Å². The Morgan fingerprint density at radius 3 is 2.37 bits per heavy atom. The van der Waals surface area contributed by atoms with E-state index in [2.05, 4.69) is 5.32 Å². The standard InChI is InChI=1S/C15H14ClF2N/c1-2-14(10-6-3-4-8-12(10)17)19-15-11(16)7-5-9-13(15)18/h3-9,14,19H,2H2,1H3. The highest BCUT2D eigenvalue weighted by molar-refractivity contribution is 6.33. The van der Waals surface area contributed by atoms with Crippen LogP contribution in [0.15, 0.2) is 42.5 Å². The third kappa shape index (κ3) is 3.04. The van der Waals surface area contributed by atoms with E-state index in [9.17, 15) is 8.78 Å². The zero-order chi connectivity index (χ0) is 13.8. The van der Waals surface area contributed by atoms with E-state index in [4.69, 9.17) is 11.6 Å². The minimum absolute atomic E-state index is 0.208. The minimum Gasteiger partial charge on any atom is -0.375 e. The number of rotatable bonds is 4. The third-order valence-electron chi connectivity index (χ3n) is 2.97. The van der Waals surface area contributed by atoms with Gasteiger partial charge in [0.1, 0.15) is 11.6 Å². The van der Waals surface area contributed by atoms with Crippen LogP contribution in [0.1, 0.15) is 24.9 Å². The lowest BCUT2D eigenvalue weighted by atomic mass is 10.0. The van der Waals surface area contributed by atoms with Crippen molar-refractivity contribution < 1.29 is 8.78 Å². The van der Waals surface area contributed by atoms with Crippen molar-refractivity contribution in [3.05, 3.63) is 64.7 Å². The number of hydrogen-bond acceptors (Lipinski definition) is 1. The van der Waals surface area contributed by atoms with Crippen LogP contribution in [0.3, 0.4) is 0 Å². The molecule has 2 aromatic carbocycles. The first-order valence-corrected chi connectivity index (χ1v) is 6.46. The van der Waals surface area contributed by atoms with Crippen molar-refractivity contribution in [1.82, 2.24) is 0 Å². The van der Waals surface area contributed by atoms with Crippen LogP contribution in [-0.2, 0) is 0 Å². The molecule has 1 unspecified atom stereocenters. The predicted octanol–water partition coefficient (Wildman–Crippen LogP) is 5.18. The van der Waals surface area contributed by atoms with E-state index in [1.807, 2.05) is 6.92 Å². The van der Waals surface area contributed by atoms with Gasteiger partial charge in [0.15, 0.2) is 0 Å². The van der Waals surface area contributed by atoms with Crippen molar-refractivity contribution in [2.24, 2.45) is 0 Å². The summed E-state index contributed by atoms with van der Waals surface area (Å²) in [7, 11) is 0. The van der Waals surface area contributed by atoms with E-state index >= 15 is 0 Å². The summed E-state index contributed by atoms with van der Waals surface area (Å²) >= 11 is 5.96. The molecule has 0 bridgehead atoms. The van der Waals surface area contributed by atoms with E-state index in [0.29, 0.717) is 12.0 Å². The van der Waals surface area contributed by atoms with Crippen molar-refractivity contribution in [3.8, 4) is 0 Å². The van der Waals surface area contributed by atoms with E-state index in [1.165, 1.54) is 18.2 Å². The highest BCUT2D eigenvalue weighted by Gasteiger charge is 2.16. The lowest BCUT2D eigenvalue weighted by molar-refractivity contribution is 0.582. The van der Waals surface area contributed by atoms with Crippen LogP contribution in [0.2, 0.25) is 5.02 Å². The molecule has 19 heavy (non-hydrogen) atoms. The van der Waals surface area contributed by atoms with E-state index < -0.39 is 5.82 Å². The maximum absolute atomic E-state index is 13.8. The first-order chi connectivity index (χ1) is 9.13. The molecule has 0 fully saturated rings. The monoisotopic (exact) mass is 281 g/mol. The highest BCUT2D eigenvalue weighted by atomic mass is 35.5. The molecule has 0 saturated heterocycles. The molecule has 2 aromatic rings. The Labute approximate surface area is 116 Å². The molecule has 0 aliphatic rings. The molecule has 0 heterocycles. The van der Waals surface area contributed by atoms with Gasteiger partial charge in [-0.05, 0) is 24.6 Å². The van der Waals surface area contributed by atoms with Gasteiger partial charge in [-0.25, -0.2) is 8.78 Å². The molecule has 100 valence electrons. The summed E-state index contributed by atoms with van der Waals surface area (Å²) in [5.41, 5.74) is 0.712. The lowest BCUT2D eigenvalue weighted by Crippen LogP contribution is -2.12. The number of halogens is 3. The SMILES string of the molecule is CCC(Nc1c(F)cccc1Cl)c1ccccc1F. The van der Waals surface area contributed by atoms with Crippen molar-refractivity contribution in [2.45, 2.75) is 19.4 Å². The van der Waals surface area contributed by atoms with Crippen LogP contribution < -0.4 is 5.32 Å².